The van der Waals surface area contributed by atoms with E-state index in [2.05, 4.69) is 4.90 Å². The molecule has 0 atom stereocenters. The Balaban J connectivity index is 2.00. The number of phenolic OH excluding ortho intramolecular Hbond substituents is 1. The normalized spacial score (nSPS) is 10.9. The third-order valence-corrected chi connectivity index (χ3v) is 5.03. The molecule has 2 aromatic rings. The summed E-state index contributed by atoms with van der Waals surface area (Å²) in [6.07, 6.45) is 2.72. The lowest BCUT2D eigenvalue weighted by molar-refractivity contribution is -0.143. The number of carboxylic acid groups (broad SMARTS) is 1. The number of aromatic carboxylic acids is 1. The van der Waals surface area contributed by atoms with Crippen molar-refractivity contribution in [3.8, 4) is 5.75 Å². The first kappa shape index (κ1) is 23.4. The van der Waals surface area contributed by atoms with Crippen molar-refractivity contribution in [2.24, 2.45) is 0 Å². The van der Waals surface area contributed by atoms with Crippen LogP contribution in [-0.2, 0) is 22.5 Å². The highest BCUT2D eigenvalue weighted by Gasteiger charge is 2.12. The lowest BCUT2D eigenvalue weighted by Gasteiger charge is -2.23. The van der Waals surface area contributed by atoms with Gasteiger partial charge in [-0.2, -0.15) is 0 Å². The van der Waals surface area contributed by atoms with Crippen molar-refractivity contribution in [3.63, 3.8) is 0 Å². The van der Waals surface area contributed by atoms with Crippen LogP contribution in [0.1, 0.15) is 53.2 Å². The highest BCUT2D eigenvalue weighted by molar-refractivity contribution is 5.89. The van der Waals surface area contributed by atoms with E-state index < -0.39 is 5.97 Å². The molecule has 0 fully saturated rings. The zero-order valence-electron chi connectivity index (χ0n) is 17.8. The van der Waals surface area contributed by atoms with Crippen LogP contribution in [0.3, 0.4) is 0 Å². The Bertz CT molecular complexity index is 849. The largest absolute Gasteiger partial charge is 0.508 e. The van der Waals surface area contributed by atoms with Gasteiger partial charge < -0.3 is 14.9 Å². The number of carbonyl (C=O) groups excluding carboxylic acids is 1. The van der Waals surface area contributed by atoms with Crippen molar-refractivity contribution < 1.29 is 24.5 Å². The molecule has 0 saturated carbocycles. The highest BCUT2D eigenvalue weighted by atomic mass is 16.5. The molecule has 0 radical (unpaired) electrons. The number of aromatic hydroxyl groups is 1. The van der Waals surface area contributed by atoms with Crippen LogP contribution in [0.4, 0.5) is 0 Å². The third-order valence-electron chi connectivity index (χ3n) is 5.03. The highest BCUT2D eigenvalue weighted by Crippen LogP contribution is 2.18. The smallest absolute Gasteiger partial charge is 0.335 e. The SMILES string of the molecule is CCOC(=O)CCCCN(CCc1ccccc1O)Cc1ccc(C(=O)O)c(C)c1. The lowest BCUT2D eigenvalue weighted by Crippen LogP contribution is -2.27. The molecule has 30 heavy (non-hydrogen) atoms. The summed E-state index contributed by atoms with van der Waals surface area (Å²) in [4.78, 5) is 25.1. The molecular weight excluding hydrogens is 382 g/mol. The molecule has 0 amide bonds. The predicted molar refractivity (Wildman–Crippen MR) is 116 cm³/mol. The Morgan fingerprint density at radius 1 is 1.07 bits per heavy atom. The molecule has 2 rings (SSSR count). The minimum Gasteiger partial charge on any atom is -0.508 e. The van der Waals surface area contributed by atoms with Gasteiger partial charge in [0.15, 0.2) is 0 Å². The van der Waals surface area contributed by atoms with E-state index in [1.54, 1.807) is 32.0 Å². The van der Waals surface area contributed by atoms with E-state index in [9.17, 15) is 19.8 Å². The lowest BCUT2D eigenvalue weighted by atomic mass is 10.0. The van der Waals surface area contributed by atoms with Crippen molar-refractivity contribution in [1.82, 2.24) is 4.90 Å². The van der Waals surface area contributed by atoms with Gasteiger partial charge in [-0.25, -0.2) is 4.79 Å². The summed E-state index contributed by atoms with van der Waals surface area (Å²) in [5, 5.41) is 19.3. The van der Waals surface area contributed by atoms with Gasteiger partial charge in [-0.05, 0) is 68.5 Å². The fraction of sp³-hybridized carbons (Fsp3) is 0.417. The number of hydrogen-bond acceptors (Lipinski definition) is 5. The number of hydrogen-bond donors (Lipinski definition) is 2. The van der Waals surface area contributed by atoms with E-state index in [1.165, 1.54) is 0 Å². The number of aryl methyl sites for hydroxylation is 1. The predicted octanol–water partition coefficient (Wildman–Crippen LogP) is 4.18. The van der Waals surface area contributed by atoms with Gasteiger partial charge in [-0.15, -0.1) is 0 Å². The number of esters is 1. The van der Waals surface area contributed by atoms with Gasteiger partial charge >= 0.3 is 11.9 Å². The topological polar surface area (TPSA) is 87.1 Å². The van der Waals surface area contributed by atoms with E-state index >= 15 is 0 Å². The molecule has 0 unspecified atom stereocenters. The first-order valence-corrected chi connectivity index (χ1v) is 10.4. The summed E-state index contributed by atoms with van der Waals surface area (Å²) in [6.45, 7) is 6.23. The summed E-state index contributed by atoms with van der Waals surface area (Å²) in [5.41, 5.74) is 2.99. The minimum atomic E-state index is -0.922. The van der Waals surface area contributed by atoms with Crippen molar-refractivity contribution in [2.75, 3.05) is 19.7 Å². The molecule has 2 aromatic carbocycles. The molecule has 0 heterocycles. The first-order valence-electron chi connectivity index (χ1n) is 10.4. The van der Waals surface area contributed by atoms with E-state index in [0.717, 1.165) is 42.6 Å². The molecule has 6 nitrogen and oxygen atoms in total. The van der Waals surface area contributed by atoms with Crippen LogP contribution in [0.2, 0.25) is 0 Å². The molecule has 2 N–H and O–H groups in total. The Morgan fingerprint density at radius 2 is 1.83 bits per heavy atom. The van der Waals surface area contributed by atoms with Gasteiger partial charge in [0.05, 0.1) is 12.2 Å². The summed E-state index contributed by atoms with van der Waals surface area (Å²) in [6, 6.07) is 12.7. The van der Waals surface area contributed by atoms with Crippen LogP contribution >= 0.6 is 0 Å². The van der Waals surface area contributed by atoms with Crippen LogP contribution < -0.4 is 0 Å². The van der Waals surface area contributed by atoms with Gasteiger partial charge in [0.25, 0.3) is 0 Å². The average Bonchev–Trinajstić information content (AvgIpc) is 2.70. The Labute approximate surface area is 178 Å². The fourth-order valence-corrected chi connectivity index (χ4v) is 3.43. The number of phenols is 1. The van der Waals surface area contributed by atoms with Gasteiger partial charge in [-0.3, -0.25) is 9.69 Å². The van der Waals surface area contributed by atoms with Gasteiger partial charge in [-0.1, -0.05) is 30.3 Å². The Hall–Kier alpha value is -2.86. The number of carboxylic acids is 1. The fourth-order valence-electron chi connectivity index (χ4n) is 3.43. The minimum absolute atomic E-state index is 0.168. The van der Waals surface area contributed by atoms with E-state index in [0.29, 0.717) is 37.3 Å². The van der Waals surface area contributed by atoms with E-state index in [1.807, 2.05) is 24.3 Å². The molecule has 0 spiro atoms. The van der Waals surface area contributed by atoms with Crippen molar-refractivity contribution in [3.05, 3.63) is 64.7 Å². The zero-order valence-corrected chi connectivity index (χ0v) is 17.8. The standard InChI is InChI=1S/C24H31NO5/c1-3-30-23(27)10-6-7-14-25(15-13-20-8-4-5-9-22(20)26)17-19-11-12-21(24(28)29)18(2)16-19/h4-5,8-9,11-12,16,26H,3,6-7,10,13-15,17H2,1-2H3,(H,28,29). The zero-order chi connectivity index (χ0) is 21.9. The second-order valence-corrected chi connectivity index (χ2v) is 7.37. The van der Waals surface area contributed by atoms with Crippen molar-refractivity contribution in [2.45, 2.75) is 46.1 Å². The van der Waals surface area contributed by atoms with Crippen LogP contribution in [0.25, 0.3) is 0 Å². The van der Waals surface area contributed by atoms with Crippen LogP contribution in [0.15, 0.2) is 42.5 Å². The number of nitrogens with zero attached hydrogens (tertiary/aromatic N) is 1. The monoisotopic (exact) mass is 413 g/mol. The molecule has 6 heteroatoms. The number of ether oxygens (including phenoxy) is 1. The molecular formula is C24H31NO5. The van der Waals surface area contributed by atoms with Gasteiger partial charge in [0.2, 0.25) is 0 Å². The first-order chi connectivity index (χ1) is 14.4. The number of rotatable bonds is 12. The summed E-state index contributed by atoms with van der Waals surface area (Å²) in [7, 11) is 0. The molecule has 0 aliphatic carbocycles. The second kappa shape index (κ2) is 12.0. The van der Waals surface area contributed by atoms with Crippen LogP contribution in [0.5, 0.6) is 5.75 Å². The second-order valence-electron chi connectivity index (χ2n) is 7.37. The third kappa shape index (κ3) is 7.52. The number of unbranched alkanes of at least 4 members (excludes halogenated alkanes) is 1. The number of para-hydroxylation sites is 1. The number of carbonyl (C=O) groups is 2. The molecule has 0 aliphatic rings. The van der Waals surface area contributed by atoms with Crippen molar-refractivity contribution in [1.29, 1.82) is 0 Å². The Morgan fingerprint density at radius 3 is 2.50 bits per heavy atom. The maximum Gasteiger partial charge on any atom is 0.335 e. The van der Waals surface area contributed by atoms with Gasteiger partial charge in [0, 0.05) is 19.5 Å². The molecule has 0 bridgehead atoms. The summed E-state index contributed by atoms with van der Waals surface area (Å²) in [5.74, 6) is -0.797. The van der Waals surface area contributed by atoms with Crippen LogP contribution in [-0.4, -0.2) is 46.7 Å². The summed E-state index contributed by atoms with van der Waals surface area (Å²) < 4.78 is 4.98. The maximum absolute atomic E-state index is 11.5. The van der Waals surface area contributed by atoms with Gasteiger partial charge in [0.1, 0.15) is 5.75 Å². The van der Waals surface area contributed by atoms with Crippen LogP contribution in [0, 0.1) is 6.92 Å². The molecule has 0 aliphatic heterocycles. The van der Waals surface area contributed by atoms with E-state index in [-0.39, 0.29) is 5.97 Å². The molecule has 0 saturated heterocycles. The number of benzene rings is 2. The van der Waals surface area contributed by atoms with E-state index in [4.69, 9.17) is 4.74 Å². The average molecular weight is 414 g/mol. The van der Waals surface area contributed by atoms with Crippen molar-refractivity contribution >= 4 is 11.9 Å². The molecule has 162 valence electrons. The maximum atomic E-state index is 11.5. The molecule has 0 aromatic heterocycles. The quantitative estimate of drug-likeness (QED) is 0.401. The Kier molecular flexibility index (Phi) is 9.35. The summed E-state index contributed by atoms with van der Waals surface area (Å²) >= 11 is 0.